The molecule has 160 valence electrons. The molecule has 2 saturated heterocycles. The van der Waals surface area contributed by atoms with E-state index >= 15 is 0 Å². The number of likely N-dealkylation sites (tertiary alicyclic amines) is 2. The van der Waals surface area contributed by atoms with Crippen molar-refractivity contribution in [3.63, 3.8) is 0 Å². The molecule has 29 heavy (non-hydrogen) atoms. The summed E-state index contributed by atoms with van der Waals surface area (Å²) in [6.07, 6.45) is 7.82. The summed E-state index contributed by atoms with van der Waals surface area (Å²) in [6, 6.07) is 7.12. The van der Waals surface area contributed by atoms with Crippen LogP contribution >= 0.6 is 0 Å². The van der Waals surface area contributed by atoms with E-state index < -0.39 is 0 Å². The van der Waals surface area contributed by atoms with Gasteiger partial charge in [-0.25, -0.2) is 0 Å². The van der Waals surface area contributed by atoms with Crippen molar-refractivity contribution in [2.24, 2.45) is 5.92 Å². The molecule has 0 spiro atoms. The number of carbonyl (C=O) groups excluding carboxylic acids is 2. The van der Waals surface area contributed by atoms with E-state index in [9.17, 15) is 9.59 Å². The van der Waals surface area contributed by atoms with Gasteiger partial charge in [-0.15, -0.1) is 0 Å². The number of hydrogen-bond donors (Lipinski definition) is 2. The predicted molar refractivity (Wildman–Crippen MR) is 117 cm³/mol. The second-order valence-electron chi connectivity index (χ2n) is 8.42. The molecule has 1 aromatic rings. The van der Waals surface area contributed by atoms with Crippen molar-refractivity contribution >= 4 is 17.5 Å². The summed E-state index contributed by atoms with van der Waals surface area (Å²) in [7, 11) is 0. The van der Waals surface area contributed by atoms with Crippen molar-refractivity contribution in [3.8, 4) is 0 Å². The molecule has 1 aromatic carbocycles. The largest absolute Gasteiger partial charge is 0.352 e. The Bertz CT molecular complexity index is 663. The Balaban J connectivity index is 1.40. The van der Waals surface area contributed by atoms with Crippen molar-refractivity contribution in [2.75, 3.05) is 51.1 Å². The van der Waals surface area contributed by atoms with Gasteiger partial charge >= 0.3 is 0 Å². The number of rotatable bonds is 7. The highest BCUT2D eigenvalue weighted by atomic mass is 16.2. The lowest BCUT2D eigenvalue weighted by Gasteiger charge is -2.34. The Kier molecular flexibility index (Phi) is 8.50. The van der Waals surface area contributed by atoms with E-state index in [0.29, 0.717) is 24.3 Å². The van der Waals surface area contributed by atoms with E-state index in [1.54, 1.807) is 18.2 Å². The summed E-state index contributed by atoms with van der Waals surface area (Å²) in [6.45, 7) is 8.63. The smallest absolute Gasteiger partial charge is 0.251 e. The van der Waals surface area contributed by atoms with Crippen LogP contribution < -0.4 is 10.6 Å². The highest BCUT2D eigenvalue weighted by Crippen LogP contribution is 2.20. The number of benzene rings is 1. The van der Waals surface area contributed by atoms with Gasteiger partial charge in [0.25, 0.3) is 5.91 Å². The topological polar surface area (TPSA) is 64.7 Å². The fraction of sp³-hybridized carbons (Fsp3) is 0.652. The zero-order valence-electron chi connectivity index (χ0n) is 17.8. The minimum absolute atomic E-state index is 0.0102. The third-order valence-corrected chi connectivity index (χ3v) is 6.04. The molecule has 3 rings (SSSR count). The molecular weight excluding hydrogens is 364 g/mol. The van der Waals surface area contributed by atoms with Crippen molar-refractivity contribution < 1.29 is 9.59 Å². The Morgan fingerprint density at radius 3 is 2.41 bits per heavy atom. The normalized spacial score (nSPS) is 19.5. The Labute approximate surface area is 175 Å². The number of nitrogens with zero attached hydrogens (tertiary/aromatic N) is 2. The SMILES string of the molecule is CCNC(=O)c1cccc(NC(=O)CN2CCC(CN3CCCCCC3)CC2)c1. The second-order valence-corrected chi connectivity index (χ2v) is 8.42. The van der Waals surface area contributed by atoms with Gasteiger partial charge in [0.1, 0.15) is 0 Å². The van der Waals surface area contributed by atoms with Crippen molar-refractivity contribution in [2.45, 2.75) is 45.4 Å². The molecule has 2 heterocycles. The first-order chi connectivity index (χ1) is 14.1. The maximum Gasteiger partial charge on any atom is 0.251 e. The van der Waals surface area contributed by atoms with E-state index in [2.05, 4.69) is 20.4 Å². The van der Waals surface area contributed by atoms with Gasteiger partial charge in [0.2, 0.25) is 5.91 Å². The molecule has 0 saturated carbocycles. The minimum Gasteiger partial charge on any atom is -0.352 e. The van der Waals surface area contributed by atoms with Crippen LogP contribution in [0, 0.1) is 5.92 Å². The third-order valence-electron chi connectivity index (χ3n) is 6.04. The first kappa shape index (κ1) is 21.8. The quantitative estimate of drug-likeness (QED) is 0.739. The van der Waals surface area contributed by atoms with Gasteiger partial charge in [-0.3, -0.25) is 14.5 Å². The fourth-order valence-electron chi connectivity index (χ4n) is 4.42. The summed E-state index contributed by atoms with van der Waals surface area (Å²) < 4.78 is 0. The van der Waals surface area contributed by atoms with Gasteiger partial charge in [-0.2, -0.15) is 0 Å². The number of piperidine rings is 1. The van der Waals surface area contributed by atoms with Crippen LogP contribution in [0.3, 0.4) is 0 Å². The number of anilines is 1. The van der Waals surface area contributed by atoms with E-state index in [-0.39, 0.29) is 11.8 Å². The second kappa shape index (κ2) is 11.3. The van der Waals surface area contributed by atoms with Crippen molar-refractivity contribution in [1.29, 1.82) is 0 Å². The van der Waals surface area contributed by atoms with Gasteiger partial charge < -0.3 is 15.5 Å². The first-order valence-corrected chi connectivity index (χ1v) is 11.3. The van der Waals surface area contributed by atoms with E-state index in [0.717, 1.165) is 19.0 Å². The first-order valence-electron chi connectivity index (χ1n) is 11.3. The van der Waals surface area contributed by atoms with Crippen LogP contribution in [0.5, 0.6) is 0 Å². The van der Waals surface area contributed by atoms with E-state index in [4.69, 9.17) is 0 Å². The molecule has 2 aliphatic heterocycles. The van der Waals surface area contributed by atoms with Crippen molar-refractivity contribution in [3.05, 3.63) is 29.8 Å². The molecule has 2 amide bonds. The molecule has 6 nitrogen and oxygen atoms in total. The summed E-state index contributed by atoms with van der Waals surface area (Å²) in [5.41, 5.74) is 1.24. The number of amides is 2. The molecule has 0 atom stereocenters. The minimum atomic E-state index is -0.116. The van der Waals surface area contributed by atoms with Crippen LogP contribution in [0.2, 0.25) is 0 Å². The molecule has 0 radical (unpaired) electrons. The summed E-state index contributed by atoms with van der Waals surface area (Å²) in [4.78, 5) is 29.3. The van der Waals surface area contributed by atoms with Crippen LogP contribution in [0.25, 0.3) is 0 Å². The molecule has 0 unspecified atom stereocenters. The van der Waals surface area contributed by atoms with E-state index in [1.807, 2.05) is 13.0 Å². The monoisotopic (exact) mass is 400 g/mol. The van der Waals surface area contributed by atoms with Crippen LogP contribution in [0.15, 0.2) is 24.3 Å². The lowest BCUT2D eigenvalue weighted by molar-refractivity contribution is -0.117. The van der Waals surface area contributed by atoms with Gasteiger partial charge in [0, 0.05) is 24.3 Å². The molecule has 0 bridgehead atoms. The fourth-order valence-corrected chi connectivity index (χ4v) is 4.42. The van der Waals surface area contributed by atoms with Gasteiger partial charge in [0.05, 0.1) is 6.54 Å². The average molecular weight is 401 g/mol. The average Bonchev–Trinajstić information content (AvgIpc) is 2.98. The summed E-state index contributed by atoms with van der Waals surface area (Å²) in [5.74, 6) is 0.639. The van der Waals surface area contributed by atoms with Crippen molar-refractivity contribution in [1.82, 2.24) is 15.1 Å². The summed E-state index contributed by atoms with van der Waals surface area (Å²) >= 11 is 0. The Morgan fingerprint density at radius 1 is 1.00 bits per heavy atom. The summed E-state index contributed by atoms with van der Waals surface area (Å²) in [5, 5.41) is 5.72. The zero-order valence-corrected chi connectivity index (χ0v) is 17.8. The number of carbonyl (C=O) groups is 2. The maximum atomic E-state index is 12.5. The molecular formula is C23H36N4O2. The zero-order chi connectivity index (χ0) is 20.5. The number of nitrogens with one attached hydrogen (secondary N) is 2. The van der Waals surface area contributed by atoms with Crippen LogP contribution in [0.4, 0.5) is 5.69 Å². The third kappa shape index (κ3) is 7.12. The molecule has 0 aromatic heterocycles. The Hall–Kier alpha value is -1.92. The molecule has 2 N–H and O–H groups in total. The highest BCUT2D eigenvalue weighted by molar-refractivity contribution is 5.97. The predicted octanol–water partition coefficient (Wildman–Crippen LogP) is 2.96. The molecule has 2 aliphatic rings. The highest BCUT2D eigenvalue weighted by Gasteiger charge is 2.23. The van der Waals surface area contributed by atoms with Crippen LogP contribution in [-0.2, 0) is 4.79 Å². The molecule has 0 aliphatic carbocycles. The van der Waals surface area contributed by atoms with Gasteiger partial charge in [-0.1, -0.05) is 18.9 Å². The lowest BCUT2D eigenvalue weighted by atomic mass is 9.96. The van der Waals surface area contributed by atoms with Gasteiger partial charge in [-0.05, 0) is 82.9 Å². The van der Waals surface area contributed by atoms with Crippen LogP contribution in [-0.4, -0.2) is 67.4 Å². The standard InChI is InChI=1S/C23H36N4O2/c1-2-24-23(29)20-8-7-9-21(16-20)25-22(28)18-27-14-10-19(11-15-27)17-26-12-5-3-4-6-13-26/h7-9,16,19H,2-6,10-15,17-18H2,1H3,(H,24,29)(H,25,28). The van der Waals surface area contributed by atoms with Crippen LogP contribution in [0.1, 0.15) is 55.8 Å². The number of hydrogen-bond acceptors (Lipinski definition) is 4. The lowest BCUT2D eigenvalue weighted by Crippen LogP contribution is -2.42. The maximum absolute atomic E-state index is 12.5. The molecule has 6 heteroatoms. The Morgan fingerprint density at radius 2 is 1.72 bits per heavy atom. The molecule has 2 fully saturated rings. The van der Waals surface area contributed by atoms with Gasteiger partial charge in [0.15, 0.2) is 0 Å². The van der Waals surface area contributed by atoms with E-state index in [1.165, 1.54) is 58.2 Å².